The molecule has 1 heterocycles. The summed E-state index contributed by atoms with van der Waals surface area (Å²) < 4.78 is 17.7. The number of carbonyl (C=O) groups is 1. The summed E-state index contributed by atoms with van der Waals surface area (Å²) in [5.41, 5.74) is 5.67. The summed E-state index contributed by atoms with van der Waals surface area (Å²) in [5.74, 6) is 2.35. The topological polar surface area (TPSA) is 68.8 Å². The van der Waals surface area contributed by atoms with Crippen molar-refractivity contribution in [3.63, 3.8) is 0 Å². The molecule has 38 heavy (non-hydrogen) atoms. The molecule has 3 aromatic carbocycles. The number of allylic oxidation sites excluding steroid dienone is 1. The van der Waals surface area contributed by atoms with Gasteiger partial charge in [0.25, 0.3) is 0 Å². The fourth-order valence-electron chi connectivity index (χ4n) is 5.31. The van der Waals surface area contributed by atoms with Crippen molar-refractivity contribution in [1.82, 2.24) is 0 Å². The van der Waals surface area contributed by atoms with E-state index >= 15 is 0 Å². The molecule has 2 N–H and O–H groups in total. The molecule has 0 fully saturated rings. The van der Waals surface area contributed by atoms with Crippen molar-refractivity contribution in [2.45, 2.75) is 58.1 Å². The van der Waals surface area contributed by atoms with E-state index in [0.29, 0.717) is 30.9 Å². The lowest BCUT2D eigenvalue weighted by Crippen LogP contribution is -2.27. The van der Waals surface area contributed by atoms with Crippen LogP contribution < -0.4 is 24.8 Å². The van der Waals surface area contributed by atoms with Gasteiger partial charge in [-0.1, -0.05) is 43.3 Å². The van der Waals surface area contributed by atoms with Crippen LogP contribution in [0.15, 0.2) is 78.0 Å². The Bertz CT molecular complexity index is 1350. The number of Topliss-reactive ketones (excluding diaryl/α,β-unsaturated/α-hetero) is 1. The molecule has 5 rings (SSSR count). The van der Waals surface area contributed by atoms with Gasteiger partial charge in [-0.15, -0.1) is 0 Å². The number of carbonyl (C=O) groups excluding carboxylic acids is 1. The third-order valence-corrected chi connectivity index (χ3v) is 7.02. The molecule has 0 bridgehead atoms. The van der Waals surface area contributed by atoms with Crippen LogP contribution in [-0.2, 0) is 4.79 Å². The summed E-state index contributed by atoms with van der Waals surface area (Å²) in [7, 11) is 1.65. The molecule has 0 aromatic heterocycles. The quantitative estimate of drug-likeness (QED) is 0.331. The Labute approximate surface area is 225 Å². The van der Waals surface area contributed by atoms with Crippen molar-refractivity contribution in [2.75, 3.05) is 24.4 Å². The van der Waals surface area contributed by atoms with Crippen LogP contribution >= 0.6 is 0 Å². The zero-order valence-electron chi connectivity index (χ0n) is 22.5. The average Bonchev–Trinajstić information content (AvgIpc) is 3.09. The van der Waals surface area contributed by atoms with Gasteiger partial charge in [0, 0.05) is 23.3 Å². The third-order valence-electron chi connectivity index (χ3n) is 7.02. The smallest absolute Gasteiger partial charge is 0.163 e. The fraction of sp³-hybridized carbons (Fsp3) is 0.344. The number of anilines is 2. The summed E-state index contributed by atoms with van der Waals surface area (Å²) in [6.07, 6.45) is 2.08. The number of benzene rings is 3. The third kappa shape index (κ3) is 5.21. The molecule has 0 saturated carbocycles. The zero-order chi connectivity index (χ0) is 26.6. The molecule has 198 valence electrons. The number of methoxy groups -OCH3 is 1. The van der Waals surface area contributed by atoms with E-state index in [9.17, 15) is 4.79 Å². The summed E-state index contributed by atoms with van der Waals surface area (Å²) >= 11 is 0. The molecule has 6 heteroatoms. The van der Waals surface area contributed by atoms with Crippen LogP contribution in [0.3, 0.4) is 0 Å². The minimum atomic E-state index is -0.320. The number of ether oxygens (including phenoxy) is 3. The van der Waals surface area contributed by atoms with Crippen molar-refractivity contribution in [3.8, 4) is 17.2 Å². The van der Waals surface area contributed by atoms with Crippen molar-refractivity contribution in [1.29, 1.82) is 0 Å². The van der Waals surface area contributed by atoms with Gasteiger partial charge in [0.05, 0.1) is 37.2 Å². The van der Waals surface area contributed by atoms with E-state index in [1.54, 1.807) is 7.11 Å². The SMILES string of the molecule is CCCOc1ccccc1C1Nc2ccccc2NC2=C1C(=O)CC(c1ccc(OC(C)C)c(OC)c1)C2. The molecule has 0 radical (unpaired) electrons. The molecular weight excluding hydrogens is 476 g/mol. The fourth-order valence-corrected chi connectivity index (χ4v) is 5.31. The highest BCUT2D eigenvalue weighted by atomic mass is 16.5. The summed E-state index contributed by atoms with van der Waals surface area (Å²) in [6.45, 7) is 6.70. The number of nitrogens with one attached hydrogen (secondary N) is 2. The van der Waals surface area contributed by atoms with Crippen molar-refractivity contribution in [3.05, 3.63) is 89.1 Å². The van der Waals surface area contributed by atoms with Gasteiger partial charge in [-0.05, 0) is 68.5 Å². The predicted molar refractivity (Wildman–Crippen MR) is 151 cm³/mol. The highest BCUT2D eigenvalue weighted by molar-refractivity contribution is 6.01. The van der Waals surface area contributed by atoms with E-state index in [4.69, 9.17) is 14.2 Å². The Morgan fingerprint density at radius 2 is 1.68 bits per heavy atom. The average molecular weight is 513 g/mol. The highest BCUT2D eigenvalue weighted by Gasteiger charge is 2.37. The Balaban J connectivity index is 1.55. The second kappa shape index (κ2) is 11.2. The second-order valence-corrected chi connectivity index (χ2v) is 10.1. The molecule has 3 aromatic rings. The standard InChI is InChI=1S/C32H36N2O4/c1-5-16-37-28-13-9-6-10-23(28)32-31-26(33-24-11-7-8-12-25(24)34-32)17-22(18-27(31)35)21-14-15-29(38-20(2)3)30(19-21)36-4/h6-15,19-20,22,32-34H,5,16-18H2,1-4H3. The molecule has 1 aliphatic carbocycles. The maximum Gasteiger partial charge on any atom is 0.163 e. The van der Waals surface area contributed by atoms with Crippen LogP contribution in [0, 0.1) is 0 Å². The Kier molecular flexibility index (Phi) is 7.59. The molecular formula is C32H36N2O4. The first-order chi connectivity index (χ1) is 18.5. The largest absolute Gasteiger partial charge is 0.493 e. The number of ketones is 1. The summed E-state index contributed by atoms with van der Waals surface area (Å²) in [6, 6.07) is 21.8. The number of hydrogen-bond acceptors (Lipinski definition) is 6. The van der Waals surface area contributed by atoms with Crippen LogP contribution in [0.2, 0.25) is 0 Å². The van der Waals surface area contributed by atoms with Gasteiger partial charge >= 0.3 is 0 Å². The first kappa shape index (κ1) is 25.7. The molecule has 2 atom stereocenters. The van der Waals surface area contributed by atoms with E-state index in [0.717, 1.165) is 45.9 Å². The van der Waals surface area contributed by atoms with Gasteiger partial charge in [-0.2, -0.15) is 0 Å². The molecule has 0 amide bonds. The molecule has 6 nitrogen and oxygen atoms in total. The van der Waals surface area contributed by atoms with Gasteiger partial charge in [0.2, 0.25) is 0 Å². The van der Waals surface area contributed by atoms with Crippen LogP contribution in [0.4, 0.5) is 11.4 Å². The van der Waals surface area contributed by atoms with Gasteiger partial charge in [0.15, 0.2) is 17.3 Å². The van der Waals surface area contributed by atoms with E-state index in [-0.39, 0.29) is 23.8 Å². The normalized spacial score (nSPS) is 18.6. The van der Waals surface area contributed by atoms with Crippen molar-refractivity contribution >= 4 is 17.2 Å². The van der Waals surface area contributed by atoms with E-state index in [2.05, 4.69) is 29.7 Å². The van der Waals surface area contributed by atoms with Gasteiger partial charge in [-0.25, -0.2) is 0 Å². The first-order valence-corrected chi connectivity index (χ1v) is 13.4. The molecule has 1 aliphatic heterocycles. The molecule has 0 spiro atoms. The van der Waals surface area contributed by atoms with Crippen LogP contribution in [0.5, 0.6) is 17.2 Å². The number of fused-ring (bicyclic) bond motifs is 1. The molecule has 0 saturated heterocycles. The van der Waals surface area contributed by atoms with Gasteiger partial charge in [-0.3, -0.25) is 4.79 Å². The van der Waals surface area contributed by atoms with Gasteiger partial charge < -0.3 is 24.8 Å². The van der Waals surface area contributed by atoms with E-state index in [1.165, 1.54) is 0 Å². The maximum absolute atomic E-state index is 14.0. The predicted octanol–water partition coefficient (Wildman–Crippen LogP) is 7.25. The van der Waals surface area contributed by atoms with Gasteiger partial charge in [0.1, 0.15) is 5.75 Å². The van der Waals surface area contributed by atoms with Crippen LogP contribution in [0.25, 0.3) is 0 Å². The second-order valence-electron chi connectivity index (χ2n) is 10.1. The highest BCUT2D eigenvalue weighted by Crippen LogP contribution is 2.46. The lowest BCUT2D eigenvalue weighted by atomic mass is 9.78. The lowest BCUT2D eigenvalue weighted by molar-refractivity contribution is -0.116. The zero-order valence-corrected chi connectivity index (χ0v) is 22.5. The van der Waals surface area contributed by atoms with Crippen LogP contribution in [-0.4, -0.2) is 25.6 Å². The van der Waals surface area contributed by atoms with E-state index < -0.39 is 0 Å². The Hall–Kier alpha value is -3.93. The molecule has 2 aliphatic rings. The number of hydrogen-bond donors (Lipinski definition) is 2. The summed E-state index contributed by atoms with van der Waals surface area (Å²) in [5, 5.41) is 7.28. The minimum absolute atomic E-state index is 0.0215. The monoisotopic (exact) mass is 512 g/mol. The van der Waals surface area contributed by atoms with Crippen molar-refractivity contribution < 1.29 is 19.0 Å². The minimum Gasteiger partial charge on any atom is -0.493 e. The Morgan fingerprint density at radius 1 is 0.921 bits per heavy atom. The number of para-hydroxylation sites is 3. The van der Waals surface area contributed by atoms with Crippen molar-refractivity contribution in [2.24, 2.45) is 0 Å². The van der Waals surface area contributed by atoms with E-state index in [1.807, 2.05) is 68.4 Å². The summed E-state index contributed by atoms with van der Waals surface area (Å²) in [4.78, 5) is 14.0. The first-order valence-electron chi connectivity index (χ1n) is 13.4. The maximum atomic E-state index is 14.0. The Morgan fingerprint density at radius 3 is 2.45 bits per heavy atom. The molecule has 2 unspecified atom stereocenters. The lowest BCUT2D eigenvalue weighted by Gasteiger charge is -2.30. The number of rotatable bonds is 8. The van der Waals surface area contributed by atoms with Crippen LogP contribution in [0.1, 0.15) is 63.1 Å².